The molecule has 0 aliphatic carbocycles. The van der Waals surface area contributed by atoms with Crippen LogP contribution in [0.1, 0.15) is 22.4 Å². The molecular formula is C17H10F3N5. The number of nitriles is 1. The van der Waals surface area contributed by atoms with Crippen LogP contribution in [0, 0.1) is 11.3 Å². The first-order chi connectivity index (χ1) is 12.0. The highest BCUT2D eigenvalue weighted by atomic mass is 19.4. The van der Waals surface area contributed by atoms with E-state index < -0.39 is 11.7 Å². The van der Waals surface area contributed by atoms with Crippen LogP contribution in [0.15, 0.2) is 42.7 Å². The first kappa shape index (κ1) is 16.4. The lowest BCUT2D eigenvalue weighted by atomic mass is 10.1. The van der Waals surface area contributed by atoms with Gasteiger partial charge in [0.05, 0.1) is 5.56 Å². The SMILES string of the molecule is N#Cc1n[nH]nc1-c1cccc(C=Cc2cncc(C(F)(F)F)c2)c1. The summed E-state index contributed by atoms with van der Waals surface area (Å²) in [6.45, 7) is 0. The second kappa shape index (κ2) is 6.57. The van der Waals surface area contributed by atoms with Crippen molar-refractivity contribution in [1.29, 1.82) is 5.26 Å². The summed E-state index contributed by atoms with van der Waals surface area (Å²) >= 11 is 0. The van der Waals surface area contributed by atoms with Gasteiger partial charge in [-0.2, -0.15) is 28.7 Å². The number of hydrogen-bond acceptors (Lipinski definition) is 4. The normalized spacial score (nSPS) is 11.6. The number of aromatic amines is 1. The molecule has 124 valence electrons. The van der Waals surface area contributed by atoms with Crippen LogP contribution in [0.2, 0.25) is 0 Å². The Bertz CT molecular complexity index is 967. The summed E-state index contributed by atoms with van der Waals surface area (Å²) in [6.07, 6.45) is 0.895. The minimum atomic E-state index is -4.43. The maximum absolute atomic E-state index is 12.7. The van der Waals surface area contributed by atoms with Gasteiger partial charge in [-0.1, -0.05) is 30.4 Å². The number of hydrogen-bond donors (Lipinski definition) is 1. The van der Waals surface area contributed by atoms with Gasteiger partial charge in [0.2, 0.25) is 0 Å². The third kappa shape index (κ3) is 3.72. The number of pyridine rings is 1. The molecule has 0 atom stereocenters. The molecule has 8 heteroatoms. The first-order valence-corrected chi connectivity index (χ1v) is 7.09. The van der Waals surface area contributed by atoms with Crippen LogP contribution in [0.25, 0.3) is 23.4 Å². The molecule has 0 radical (unpaired) electrons. The standard InChI is InChI=1S/C17H10F3N5/c18-17(19,20)14-7-12(9-22-10-14)5-4-11-2-1-3-13(6-11)16-15(8-21)23-25-24-16/h1-7,9-10H,(H,23,24,25). The fourth-order valence-corrected chi connectivity index (χ4v) is 2.20. The van der Waals surface area contributed by atoms with Crippen molar-refractivity contribution >= 4 is 12.2 Å². The third-order valence-electron chi connectivity index (χ3n) is 3.37. The van der Waals surface area contributed by atoms with E-state index in [2.05, 4.69) is 20.4 Å². The summed E-state index contributed by atoms with van der Waals surface area (Å²) in [5, 5.41) is 19.1. The smallest absolute Gasteiger partial charge is 0.263 e. The molecule has 5 nitrogen and oxygen atoms in total. The summed E-state index contributed by atoms with van der Waals surface area (Å²) in [5.41, 5.74) is 1.53. The Kier molecular flexibility index (Phi) is 4.31. The summed E-state index contributed by atoms with van der Waals surface area (Å²) in [6, 6.07) is 10.0. The van der Waals surface area contributed by atoms with Gasteiger partial charge in [0.15, 0.2) is 5.69 Å². The number of nitrogens with zero attached hydrogens (tertiary/aromatic N) is 4. The highest BCUT2D eigenvalue weighted by Gasteiger charge is 2.30. The van der Waals surface area contributed by atoms with Crippen LogP contribution >= 0.6 is 0 Å². The van der Waals surface area contributed by atoms with Crippen molar-refractivity contribution in [3.8, 4) is 17.3 Å². The maximum atomic E-state index is 12.7. The monoisotopic (exact) mass is 341 g/mol. The average molecular weight is 341 g/mol. The van der Waals surface area contributed by atoms with Gasteiger partial charge in [0.1, 0.15) is 11.8 Å². The summed E-state index contributed by atoms with van der Waals surface area (Å²) < 4.78 is 38.1. The number of nitrogens with one attached hydrogen (secondary N) is 1. The number of benzene rings is 1. The molecule has 0 aliphatic rings. The van der Waals surface area contributed by atoms with E-state index in [1.54, 1.807) is 30.3 Å². The van der Waals surface area contributed by atoms with E-state index in [0.717, 1.165) is 17.8 Å². The lowest BCUT2D eigenvalue weighted by molar-refractivity contribution is -0.137. The Balaban J connectivity index is 1.88. The molecule has 0 bridgehead atoms. The lowest BCUT2D eigenvalue weighted by Gasteiger charge is -2.06. The molecule has 2 heterocycles. The molecule has 1 aromatic carbocycles. The molecular weight excluding hydrogens is 331 g/mol. The van der Waals surface area contributed by atoms with E-state index >= 15 is 0 Å². The second-order valence-corrected chi connectivity index (χ2v) is 5.10. The zero-order valence-electron chi connectivity index (χ0n) is 12.6. The van der Waals surface area contributed by atoms with Crippen LogP contribution < -0.4 is 0 Å². The van der Waals surface area contributed by atoms with Gasteiger partial charge in [-0.15, -0.1) is 5.10 Å². The minimum Gasteiger partial charge on any atom is -0.263 e. The van der Waals surface area contributed by atoms with E-state index in [-0.39, 0.29) is 5.69 Å². The highest BCUT2D eigenvalue weighted by Crippen LogP contribution is 2.29. The van der Waals surface area contributed by atoms with Crippen molar-refractivity contribution in [3.05, 3.63) is 65.1 Å². The zero-order valence-corrected chi connectivity index (χ0v) is 12.6. The predicted octanol–water partition coefficient (Wildman–Crippen LogP) is 3.93. The lowest BCUT2D eigenvalue weighted by Crippen LogP contribution is -2.05. The van der Waals surface area contributed by atoms with Crippen LogP contribution in [0.3, 0.4) is 0 Å². The maximum Gasteiger partial charge on any atom is 0.417 e. The highest BCUT2D eigenvalue weighted by molar-refractivity contribution is 5.73. The molecule has 0 fully saturated rings. The molecule has 0 amide bonds. The van der Waals surface area contributed by atoms with Crippen molar-refractivity contribution in [2.24, 2.45) is 0 Å². The van der Waals surface area contributed by atoms with E-state index in [4.69, 9.17) is 5.26 Å². The quantitative estimate of drug-likeness (QED) is 0.783. The Labute approximate surface area is 140 Å². The van der Waals surface area contributed by atoms with Gasteiger partial charge in [-0.05, 0) is 23.3 Å². The van der Waals surface area contributed by atoms with Gasteiger partial charge < -0.3 is 0 Å². The van der Waals surface area contributed by atoms with E-state index in [0.29, 0.717) is 16.8 Å². The van der Waals surface area contributed by atoms with E-state index in [9.17, 15) is 13.2 Å². The van der Waals surface area contributed by atoms with Crippen molar-refractivity contribution in [2.45, 2.75) is 6.18 Å². The van der Waals surface area contributed by atoms with Crippen LogP contribution in [0.5, 0.6) is 0 Å². The average Bonchev–Trinajstić information content (AvgIpc) is 3.08. The molecule has 0 spiro atoms. The molecule has 0 aliphatic heterocycles. The number of halogens is 3. The van der Waals surface area contributed by atoms with Crippen molar-refractivity contribution in [2.75, 3.05) is 0 Å². The molecule has 1 N–H and O–H groups in total. The number of rotatable bonds is 3. The molecule has 25 heavy (non-hydrogen) atoms. The molecule has 0 unspecified atom stereocenters. The minimum absolute atomic E-state index is 0.170. The number of alkyl halides is 3. The number of H-pyrrole nitrogens is 1. The van der Waals surface area contributed by atoms with Crippen LogP contribution in [0.4, 0.5) is 13.2 Å². The van der Waals surface area contributed by atoms with E-state index in [1.165, 1.54) is 12.3 Å². The summed E-state index contributed by atoms with van der Waals surface area (Å²) in [7, 11) is 0. The number of aromatic nitrogens is 4. The summed E-state index contributed by atoms with van der Waals surface area (Å²) in [5.74, 6) is 0. The second-order valence-electron chi connectivity index (χ2n) is 5.10. The van der Waals surface area contributed by atoms with Crippen molar-refractivity contribution < 1.29 is 13.2 Å². The third-order valence-corrected chi connectivity index (χ3v) is 3.37. The van der Waals surface area contributed by atoms with Crippen LogP contribution in [-0.2, 0) is 6.18 Å². The zero-order chi connectivity index (χ0) is 17.9. The molecule has 2 aromatic heterocycles. The summed E-state index contributed by atoms with van der Waals surface area (Å²) in [4.78, 5) is 3.61. The topological polar surface area (TPSA) is 78.2 Å². The Morgan fingerprint density at radius 2 is 1.84 bits per heavy atom. The van der Waals surface area contributed by atoms with Gasteiger partial charge in [-0.3, -0.25) is 4.98 Å². The van der Waals surface area contributed by atoms with Crippen LogP contribution in [-0.4, -0.2) is 20.4 Å². The Hall–Kier alpha value is -3.47. The first-order valence-electron chi connectivity index (χ1n) is 7.09. The largest absolute Gasteiger partial charge is 0.417 e. The fourth-order valence-electron chi connectivity index (χ4n) is 2.20. The van der Waals surface area contributed by atoms with Gasteiger partial charge >= 0.3 is 6.18 Å². The van der Waals surface area contributed by atoms with E-state index in [1.807, 2.05) is 6.07 Å². The Morgan fingerprint density at radius 3 is 2.60 bits per heavy atom. The molecule has 3 rings (SSSR count). The van der Waals surface area contributed by atoms with Crippen molar-refractivity contribution in [3.63, 3.8) is 0 Å². The van der Waals surface area contributed by atoms with Gasteiger partial charge in [0, 0.05) is 18.0 Å². The fraction of sp³-hybridized carbons (Fsp3) is 0.0588. The van der Waals surface area contributed by atoms with Crippen molar-refractivity contribution in [1.82, 2.24) is 20.4 Å². The molecule has 0 saturated heterocycles. The van der Waals surface area contributed by atoms with Gasteiger partial charge in [0.25, 0.3) is 0 Å². The molecule has 3 aromatic rings. The Morgan fingerprint density at radius 1 is 1.04 bits per heavy atom. The van der Waals surface area contributed by atoms with Gasteiger partial charge in [-0.25, -0.2) is 0 Å². The predicted molar refractivity (Wildman–Crippen MR) is 84.7 cm³/mol. The molecule has 0 saturated carbocycles.